The van der Waals surface area contributed by atoms with Crippen molar-refractivity contribution in [2.75, 3.05) is 0 Å². The number of rotatable bonds is 0. The highest BCUT2D eigenvalue weighted by molar-refractivity contribution is 4.85. The topological polar surface area (TPSA) is 20.2 Å². The van der Waals surface area contributed by atoms with E-state index in [-0.39, 0.29) is 5.41 Å². The average molecular weight is 174 g/mol. The highest BCUT2D eigenvalue weighted by atomic mass is 19.1. The van der Waals surface area contributed by atoms with Gasteiger partial charge in [-0.05, 0) is 30.6 Å². The number of hydrogen-bond acceptors (Lipinski definition) is 1. The molecule has 1 aliphatic carbocycles. The molecule has 72 valence electrons. The summed E-state index contributed by atoms with van der Waals surface area (Å²) >= 11 is 0. The van der Waals surface area contributed by atoms with E-state index in [1.54, 1.807) is 0 Å². The molecule has 0 aromatic rings. The van der Waals surface area contributed by atoms with Crippen LogP contribution in [0.15, 0.2) is 0 Å². The number of halogens is 1. The molecule has 1 N–H and O–H groups in total. The minimum atomic E-state index is -0.997. The van der Waals surface area contributed by atoms with E-state index in [4.69, 9.17) is 0 Å². The summed E-state index contributed by atoms with van der Waals surface area (Å²) in [6, 6.07) is 0. The van der Waals surface area contributed by atoms with Gasteiger partial charge in [0, 0.05) is 0 Å². The minimum Gasteiger partial charge on any atom is -0.390 e. The maximum Gasteiger partial charge on any atom is 0.126 e. The van der Waals surface area contributed by atoms with Gasteiger partial charge >= 0.3 is 0 Å². The molecule has 3 atom stereocenters. The Labute approximate surface area is 74.0 Å². The fourth-order valence-corrected chi connectivity index (χ4v) is 1.89. The van der Waals surface area contributed by atoms with Crippen molar-refractivity contribution in [2.24, 2.45) is 11.3 Å². The van der Waals surface area contributed by atoms with Crippen molar-refractivity contribution in [3.05, 3.63) is 0 Å². The molecule has 2 heteroatoms. The highest BCUT2D eigenvalue weighted by Gasteiger charge is 2.34. The summed E-state index contributed by atoms with van der Waals surface area (Å²) in [7, 11) is 0. The van der Waals surface area contributed by atoms with Gasteiger partial charge in [-0.2, -0.15) is 0 Å². The van der Waals surface area contributed by atoms with E-state index in [2.05, 4.69) is 20.8 Å². The lowest BCUT2D eigenvalue weighted by Gasteiger charge is -2.37. The monoisotopic (exact) mass is 174 g/mol. The molecule has 0 bridgehead atoms. The SMILES string of the molecule is CC(C)(C)[C@@H]1CC[C@@H](O)C(F)C1. The third kappa shape index (κ3) is 2.19. The quantitative estimate of drug-likeness (QED) is 0.598. The van der Waals surface area contributed by atoms with E-state index in [0.29, 0.717) is 18.8 Å². The molecular weight excluding hydrogens is 155 g/mol. The van der Waals surface area contributed by atoms with E-state index >= 15 is 0 Å². The van der Waals surface area contributed by atoms with E-state index in [1.807, 2.05) is 0 Å². The zero-order chi connectivity index (χ0) is 9.35. The van der Waals surface area contributed by atoms with Crippen molar-refractivity contribution in [1.29, 1.82) is 0 Å². The number of aliphatic hydroxyl groups excluding tert-OH is 1. The van der Waals surface area contributed by atoms with Crippen LogP contribution >= 0.6 is 0 Å². The Morgan fingerprint density at radius 2 is 1.83 bits per heavy atom. The van der Waals surface area contributed by atoms with Gasteiger partial charge in [-0.25, -0.2) is 4.39 Å². The fraction of sp³-hybridized carbons (Fsp3) is 1.00. The van der Waals surface area contributed by atoms with Gasteiger partial charge in [0.2, 0.25) is 0 Å². The molecule has 0 amide bonds. The first-order valence-corrected chi connectivity index (χ1v) is 4.73. The smallest absolute Gasteiger partial charge is 0.126 e. The van der Waals surface area contributed by atoms with Crippen LogP contribution in [0.25, 0.3) is 0 Å². The second kappa shape index (κ2) is 3.33. The molecule has 0 aromatic carbocycles. The van der Waals surface area contributed by atoms with E-state index in [0.717, 1.165) is 6.42 Å². The standard InChI is InChI=1S/C10H19FO/c1-10(2,3)7-4-5-9(12)8(11)6-7/h7-9,12H,4-6H2,1-3H3/t7-,8?,9-/m1/s1. The Hall–Kier alpha value is -0.110. The maximum absolute atomic E-state index is 13.1. The summed E-state index contributed by atoms with van der Waals surface area (Å²) in [6.07, 6.45) is 0.422. The van der Waals surface area contributed by atoms with Gasteiger partial charge in [-0.15, -0.1) is 0 Å². The molecule has 1 saturated carbocycles. The van der Waals surface area contributed by atoms with Crippen LogP contribution in [0.5, 0.6) is 0 Å². The molecule has 0 radical (unpaired) electrons. The zero-order valence-corrected chi connectivity index (χ0v) is 8.18. The molecule has 1 nitrogen and oxygen atoms in total. The van der Waals surface area contributed by atoms with Crippen LogP contribution < -0.4 is 0 Å². The lowest BCUT2D eigenvalue weighted by Crippen LogP contribution is -2.35. The average Bonchev–Trinajstić information content (AvgIpc) is 1.92. The lowest BCUT2D eigenvalue weighted by molar-refractivity contribution is 0.000313. The van der Waals surface area contributed by atoms with Crippen LogP contribution in [-0.4, -0.2) is 17.4 Å². The van der Waals surface area contributed by atoms with Crippen molar-refractivity contribution in [3.8, 4) is 0 Å². The summed E-state index contributed by atoms with van der Waals surface area (Å²) in [5.41, 5.74) is 0.185. The second-order valence-electron chi connectivity index (χ2n) is 4.96. The molecular formula is C10H19FO. The van der Waals surface area contributed by atoms with Crippen LogP contribution in [0, 0.1) is 11.3 Å². The van der Waals surface area contributed by atoms with Gasteiger partial charge in [0.15, 0.2) is 0 Å². The van der Waals surface area contributed by atoms with Crippen LogP contribution in [-0.2, 0) is 0 Å². The van der Waals surface area contributed by atoms with Crippen molar-refractivity contribution in [2.45, 2.75) is 52.3 Å². The number of alkyl halides is 1. The van der Waals surface area contributed by atoms with E-state index in [1.165, 1.54) is 0 Å². The van der Waals surface area contributed by atoms with Gasteiger partial charge in [0.25, 0.3) is 0 Å². The Kier molecular flexibility index (Phi) is 2.77. The third-order valence-corrected chi connectivity index (χ3v) is 2.96. The Bertz CT molecular complexity index is 150. The summed E-state index contributed by atoms with van der Waals surface area (Å²) in [5.74, 6) is 0.427. The molecule has 12 heavy (non-hydrogen) atoms. The van der Waals surface area contributed by atoms with Gasteiger partial charge in [0.05, 0.1) is 6.10 Å². The van der Waals surface area contributed by atoms with Crippen LogP contribution in [0.2, 0.25) is 0 Å². The molecule has 1 aliphatic rings. The van der Waals surface area contributed by atoms with Gasteiger partial charge in [0.1, 0.15) is 6.17 Å². The van der Waals surface area contributed by atoms with Crippen LogP contribution in [0.3, 0.4) is 0 Å². The molecule has 0 aromatic heterocycles. The Morgan fingerprint density at radius 3 is 2.25 bits per heavy atom. The largest absolute Gasteiger partial charge is 0.390 e. The third-order valence-electron chi connectivity index (χ3n) is 2.96. The van der Waals surface area contributed by atoms with Gasteiger partial charge in [-0.3, -0.25) is 0 Å². The van der Waals surface area contributed by atoms with E-state index in [9.17, 15) is 9.50 Å². The van der Waals surface area contributed by atoms with Gasteiger partial charge < -0.3 is 5.11 Å². The summed E-state index contributed by atoms with van der Waals surface area (Å²) in [6.45, 7) is 6.42. The van der Waals surface area contributed by atoms with Gasteiger partial charge in [-0.1, -0.05) is 20.8 Å². The number of hydrogen-bond donors (Lipinski definition) is 1. The molecule has 0 heterocycles. The second-order valence-corrected chi connectivity index (χ2v) is 4.96. The van der Waals surface area contributed by atoms with E-state index < -0.39 is 12.3 Å². The lowest BCUT2D eigenvalue weighted by atomic mass is 9.71. The summed E-state index contributed by atoms with van der Waals surface area (Å²) in [5, 5.41) is 9.19. The Morgan fingerprint density at radius 1 is 1.25 bits per heavy atom. The fourth-order valence-electron chi connectivity index (χ4n) is 1.89. The number of aliphatic hydroxyl groups is 1. The zero-order valence-electron chi connectivity index (χ0n) is 8.18. The predicted octanol–water partition coefficient (Wildman–Crippen LogP) is 2.53. The summed E-state index contributed by atoms with van der Waals surface area (Å²) in [4.78, 5) is 0. The molecule has 1 fully saturated rings. The molecule has 1 unspecified atom stereocenters. The first-order valence-electron chi connectivity index (χ1n) is 4.73. The first-order chi connectivity index (χ1) is 5.41. The summed E-state index contributed by atoms with van der Waals surface area (Å²) < 4.78 is 13.1. The minimum absolute atomic E-state index is 0.185. The van der Waals surface area contributed by atoms with Crippen molar-refractivity contribution >= 4 is 0 Å². The first kappa shape index (κ1) is 9.97. The molecule has 1 rings (SSSR count). The van der Waals surface area contributed by atoms with Crippen LogP contribution in [0.4, 0.5) is 4.39 Å². The predicted molar refractivity (Wildman–Crippen MR) is 47.7 cm³/mol. The van der Waals surface area contributed by atoms with Crippen molar-refractivity contribution < 1.29 is 9.50 Å². The Balaban J connectivity index is 2.51. The maximum atomic E-state index is 13.1. The van der Waals surface area contributed by atoms with Crippen molar-refractivity contribution in [3.63, 3.8) is 0 Å². The molecule has 0 aliphatic heterocycles. The molecule has 0 spiro atoms. The normalized spacial score (nSPS) is 38.2. The van der Waals surface area contributed by atoms with Crippen molar-refractivity contribution in [1.82, 2.24) is 0 Å². The highest BCUT2D eigenvalue weighted by Crippen LogP contribution is 2.38. The van der Waals surface area contributed by atoms with Crippen LogP contribution in [0.1, 0.15) is 40.0 Å². The molecule has 0 saturated heterocycles.